The summed E-state index contributed by atoms with van der Waals surface area (Å²) in [6, 6.07) is 9.77. The van der Waals surface area contributed by atoms with E-state index in [2.05, 4.69) is 4.90 Å². The van der Waals surface area contributed by atoms with Crippen molar-refractivity contribution in [2.75, 3.05) is 57.3 Å². The van der Waals surface area contributed by atoms with E-state index in [-0.39, 0.29) is 17.6 Å². The van der Waals surface area contributed by atoms with Crippen molar-refractivity contribution in [3.63, 3.8) is 0 Å². The number of aryl methyl sites for hydroxylation is 1. The second kappa shape index (κ2) is 11.6. The highest BCUT2D eigenvalue weighted by Crippen LogP contribution is 2.11. The van der Waals surface area contributed by atoms with Crippen molar-refractivity contribution >= 4 is 21.7 Å². The van der Waals surface area contributed by atoms with Crippen LogP contribution in [0, 0.1) is 0 Å². The number of rotatable bonds is 8. The minimum atomic E-state index is -3.42. The highest BCUT2D eigenvalue weighted by Gasteiger charge is 2.27. The Kier molecular flexibility index (Phi) is 8.90. The van der Waals surface area contributed by atoms with Gasteiger partial charge in [0.25, 0.3) is 0 Å². The molecule has 1 aromatic rings. The molecule has 2 fully saturated rings. The van der Waals surface area contributed by atoms with Crippen LogP contribution < -0.4 is 0 Å². The van der Waals surface area contributed by atoms with Gasteiger partial charge in [0.2, 0.25) is 11.8 Å². The number of likely N-dealkylation sites (tertiary alicyclic amines) is 1. The van der Waals surface area contributed by atoms with Crippen LogP contribution in [0.5, 0.6) is 0 Å². The van der Waals surface area contributed by atoms with Gasteiger partial charge in [-0.3, -0.25) is 14.5 Å². The Morgan fingerprint density at radius 2 is 1.39 bits per heavy atom. The zero-order valence-electron chi connectivity index (χ0n) is 18.4. The molecular weight excluding hydrogens is 414 g/mol. The average molecular weight is 450 g/mol. The van der Waals surface area contributed by atoms with Crippen molar-refractivity contribution in [2.24, 2.45) is 0 Å². The van der Waals surface area contributed by atoms with E-state index >= 15 is 0 Å². The van der Waals surface area contributed by atoms with Crippen molar-refractivity contribution in [1.29, 1.82) is 0 Å². The van der Waals surface area contributed by atoms with Gasteiger partial charge >= 0.3 is 0 Å². The van der Waals surface area contributed by atoms with Gasteiger partial charge in [0.1, 0.15) is 5.75 Å². The molecule has 0 N–H and O–H groups in total. The minimum Gasteiger partial charge on any atom is -0.342 e. The number of hydrogen-bond acceptors (Lipinski definition) is 5. The van der Waals surface area contributed by atoms with E-state index in [9.17, 15) is 18.0 Å². The van der Waals surface area contributed by atoms with Crippen LogP contribution in [0.25, 0.3) is 0 Å². The molecule has 3 rings (SSSR count). The van der Waals surface area contributed by atoms with E-state index in [1.807, 2.05) is 35.2 Å². The second-order valence-electron chi connectivity index (χ2n) is 8.63. The Balaban J connectivity index is 1.37. The fourth-order valence-corrected chi connectivity index (χ4v) is 5.55. The molecule has 0 unspecified atom stereocenters. The van der Waals surface area contributed by atoms with Gasteiger partial charge in [0.15, 0.2) is 9.84 Å². The molecule has 0 radical (unpaired) electrons. The van der Waals surface area contributed by atoms with Gasteiger partial charge in [0, 0.05) is 39.3 Å². The van der Waals surface area contributed by atoms with Crippen LogP contribution in [-0.2, 0) is 25.8 Å². The normalized spacial score (nSPS) is 18.6. The molecule has 8 heteroatoms. The van der Waals surface area contributed by atoms with Crippen molar-refractivity contribution in [1.82, 2.24) is 14.7 Å². The van der Waals surface area contributed by atoms with Gasteiger partial charge in [-0.25, -0.2) is 8.42 Å². The fraction of sp³-hybridized carbons (Fsp3) is 0.652. The molecule has 0 aromatic heterocycles. The standard InChI is InChI=1S/C23H35N3O4S/c27-22(25-12-6-1-2-7-13-25)19-24-14-16-26(17-15-24)23(28)20-31(29,30)18-8-11-21-9-4-3-5-10-21/h3-5,9-10H,1-2,6-8,11-20H2. The van der Waals surface area contributed by atoms with Gasteiger partial charge in [-0.15, -0.1) is 0 Å². The quantitative estimate of drug-likeness (QED) is 0.602. The zero-order chi connectivity index (χ0) is 22.1. The van der Waals surface area contributed by atoms with Crippen LogP contribution in [0.15, 0.2) is 30.3 Å². The molecule has 172 valence electrons. The van der Waals surface area contributed by atoms with Crippen LogP contribution >= 0.6 is 0 Å². The molecule has 2 aliphatic rings. The lowest BCUT2D eigenvalue weighted by Gasteiger charge is -2.35. The summed E-state index contributed by atoms with van der Waals surface area (Å²) in [7, 11) is -3.42. The van der Waals surface area contributed by atoms with Crippen LogP contribution in [0.4, 0.5) is 0 Å². The van der Waals surface area contributed by atoms with Crippen LogP contribution in [0.1, 0.15) is 37.7 Å². The van der Waals surface area contributed by atoms with Crippen LogP contribution in [-0.4, -0.2) is 92.3 Å². The maximum atomic E-state index is 12.5. The van der Waals surface area contributed by atoms with Crippen molar-refractivity contribution in [3.05, 3.63) is 35.9 Å². The molecule has 2 heterocycles. The Morgan fingerprint density at radius 1 is 0.774 bits per heavy atom. The van der Waals surface area contributed by atoms with E-state index in [0.29, 0.717) is 45.6 Å². The smallest absolute Gasteiger partial charge is 0.237 e. The van der Waals surface area contributed by atoms with Gasteiger partial charge in [-0.1, -0.05) is 43.2 Å². The summed E-state index contributed by atoms with van der Waals surface area (Å²) < 4.78 is 24.8. The van der Waals surface area contributed by atoms with E-state index in [0.717, 1.165) is 31.5 Å². The molecule has 2 saturated heterocycles. The Bertz CT molecular complexity index is 812. The minimum absolute atomic E-state index is 0.0257. The van der Waals surface area contributed by atoms with E-state index in [4.69, 9.17) is 0 Å². The molecule has 0 spiro atoms. The first-order chi connectivity index (χ1) is 14.9. The van der Waals surface area contributed by atoms with Gasteiger partial charge in [-0.05, 0) is 31.2 Å². The number of amides is 2. The lowest BCUT2D eigenvalue weighted by Crippen LogP contribution is -2.52. The molecule has 1 aromatic carbocycles. The average Bonchev–Trinajstić information content (AvgIpc) is 3.04. The van der Waals surface area contributed by atoms with Crippen LogP contribution in [0.2, 0.25) is 0 Å². The van der Waals surface area contributed by atoms with Gasteiger partial charge in [0.05, 0.1) is 12.3 Å². The highest BCUT2D eigenvalue weighted by molar-refractivity contribution is 7.92. The Morgan fingerprint density at radius 3 is 2.03 bits per heavy atom. The summed E-state index contributed by atoms with van der Waals surface area (Å²) in [4.78, 5) is 30.7. The third-order valence-electron chi connectivity index (χ3n) is 6.15. The van der Waals surface area contributed by atoms with Crippen molar-refractivity contribution in [3.8, 4) is 0 Å². The topological polar surface area (TPSA) is 78.0 Å². The van der Waals surface area contributed by atoms with E-state index < -0.39 is 15.6 Å². The molecule has 2 amide bonds. The summed E-state index contributed by atoms with van der Waals surface area (Å²) in [5.74, 6) is -0.548. The fourth-order valence-electron chi connectivity index (χ4n) is 4.26. The maximum absolute atomic E-state index is 12.5. The summed E-state index contributed by atoms with van der Waals surface area (Å²) in [6.07, 6.45) is 5.76. The Labute approximate surface area is 186 Å². The summed E-state index contributed by atoms with van der Waals surface area (Å²) in [5, 5.41) is 0. The lowest BCUT2D eigenvalue weighted by atomic mass is 10.1. The van der Waals surface area contributed by atoms with Gasteiger partial charge in [-0.2, -0.15) is 0 Å². The molecule has 2 aliphatic heterocycles. The highest BCUT2D eigenvalue weighted by atomic mass is 32.2. The summed E-state index contributed by atoms with van der Waals surface area (Å²) in [6.45, 7) is 4.26. The monoisotopic (exact) mass is 449 g/mol. The number of sulfone groups is 1. The zero-order valence-corrected chi connectivity index (χ0v) is 19.2. The van der Waals surface area contributed by atoms with E-state index in [1.165, 1.54) is 12.8 Å². The number of carbonyl (C=O) groups is 2. The SMILES string of the molecule is O=C(CN1CCN(C(=O)CS(=O)(=O)CCCc2ccccc2)CC1)N1CCCCCC1. The van der Waals surface area contributed by atoms with Crippen molar-refractivity contribution in [2.45, 2.75) is 38.5 Å². The number of hydrogen-bond donors (Lipinski definition) is 0. The molecular formula is C23H35N3O4S. The number of piperazine rings is 1. The predicted octanol–water partition coefficient (Wildman–Crippen LogP) is 1.58. The number of carbonyl (C=O) groups excluding carboxylic acids is 2. The largest absolute Gasteiger partial charge is 0.342 e. The first kappa shape index (κ1) is 23.7. The summed E-state index contributed by atoms with van der Waals surface area (Å²) in [5.41, 5.74) is 1.11. The summed E-state index contributed by atoms with van der Waals surface area (Å²) >= 11 is 0. The predicted molar refractivity (Wildman–Crippen MR) is 121 cm³/mol. The first-order valence-corrected chi connectivity index (χ1v) is 13.3. The second-order valence-corrected chi connectivity index (χ2v) is 10.8. The van der Waals surface area contributed by atoms with E-state index in [1.54, 1.807) is 4.90 Å². The molecule has 31 heavy (non-hydrogen) atoms. The third-order valence-corrected chi connectivity index (χ3v) is 7.75. The first-order valence-electron chi connectivity index (χ1n) is 11.5. The van der Waals surface area contributed by atoms with Crippen molar-refractivity contribution < 1.29 is 18.0 Å². The maximum Gasteiger partial charge on any atom is 0.237 e. The third kappa shape index (κ3) is 7.92. The van der Waals surface area contributed by atoms with Crippen LogP contribution in [0.3, 0.4) is 0 Å². The molecule has 0 saturated carbocycles. The molecule has 0 bridgehead atoms. The molecule has 7 nitrogen and oxygen atoms in total. The lowest BCUT2D eigenvalue weighted by molar-refractivity contribution is -0.134. The molecule has 0 aliphatic carbocycles. The number of benzene rings is 1. The van der Waals surface area contributed by atoms with Gasteiger partial charge < -0.3 is 9.80 Å². The number of nitrogens with zero attached hydrogens (tertiary/aromatic N) is 3. The Hall–Kier alpha value is -1.93. The molecule has 0 atom stereocenters.